The van der Waals surface area contributed by atoms with Crippen molar-refractivity contribution in [3.05, 3.63) is 20.8 Å². The summed E-state index contributed by atoms with van der Waals surface area (Å²) >= 11 is 5.29. The zero-order chi connectivity index (χ0) is 10.7. The van der Waals surface area contributed by atoms with Gasteiger partial charge in [0.25, 0.3) is 0 Å². The van der Waals surface area contributed by atoms with Crippen LogP contribution in [0.1, 0.15) is 49.4 Å². The molecule has 1 aliphatic carbocycles. The molecule has 1 unspecified atom stereocenters. The molecule has 1 atom stereocenters. The number of nitrogens with two attached hydrogens (primary N) is 1. The number of halogens is 1. The molecule has 2 N–H and O–H groups in total. The van der Waals surface area contributed by atoms with Gasteiger partial charge in [0.15, 0.2) is 0 Å². The van der Waals surface area contributed by atoms with Crippen molar-refractivity contribution in [2.24, 2.45) is 11.7 Å². The normalized spacial score (nSPS) is 21.2. The fourth-order valence-electron chi connectivity index (χ4n) is 2.41. The first-order valence-electron chi connectivity index (χ1n) is 5.78. The molecule has 3 heteroatoms. The van der Waals surface area contributed by atoms with Crippen LogP contribution < -0.4 is 5.73 Å². The van der Waals surface area contributed by atoms with Gasteiger partial charge in [-0.1, -0.05) is 25.7 Å². The van der Waals surface area contributed by atoms with Crippen LogP contribution in [-0.2, 0) is 0 Å². The highest BCUT2D eigenvalue weighted by atomic mass is 79.9. The van der Waals surface area contributed by atoms with Crippen molar-refractivity contribution in [1.29, 1.82) is 0 Å². The van der Waals surface area contributed by atoms with Gasteiger partial charge < -0.3 is 5.73 Å². The molecule has 1 aliphatic rings. The molecule has 1 nitrogen and oxygen atoms in total. The average molecular weight is 288 g/mol. The largest absolute Gasteiger partial charge is 0.323 e. The van der Waals surface area contributed by atoms with E-state index in [1.54, 1.807) is 11.3 Å². The molecular weight excluding hydrogens is 270 g/mol. The van der Waals surface area contributed by atoms with Gasteiger partial charge in [0.2, 0.25) is 0 Å². The summed E-state index contributed by atoms with van der Waals surface area (Å²) in [5.41, 5.74) is 6.34. The van der Waals surface area contributed by atoms with Crippen LogP contribution in [0.25, 0.3) is 0 Å². The average Bonchev–Trinajstić information content (AvgIpc) is 2.53. The third-order valence-electron chi connectivity index (χ3n) is 3.33. The van der Waals surface area contributed by atoms with E-state index in [1.807, 2.05) is 0 Å². The van der Waals surface area contributed by atoms with Gasteiger partial charge >= 0.3 is 0 Å². The lowest BCUT2D eigenvalue weighted by Crippen LogP contribution is -2.19. The maximum absolute atomic E-state index is 6.34. The SMILES string of the molecule is NC(c1ccc(Br)s1)C1CCCCCC1. The van der Waals surface area contributed by atoms with E-state index in [0.29, 0.717) is 5.92 Å². The highest BCUT2D eigenvalue weighted by Gasteiger charge is 2.21. The smallest absolute Gasteiger partial charge is 0.0701 e. The highest BCUT2D eigenvalue weighted by molar-refractivity contribution is 9.11. The van der Waals surface area contributed by atoms with Gasteiger partial charge in [0.05, 0.1) is 3.79 Å². The fraction of sp³-hybridized carbons (Fsp3) is 0.667. The number of hydrogen-bond acceptors (Lipinski definition) is 2. The van der Waals surface area contributed by atoms with Crippen molar-refractivity contribution < 1.29 is 0 Å². The summed E-state index contributed by atoms with van der Waals surface area (Å²) in [6, 6.07) is 4.54. The zero-order valence-electron chi connectivity index (χ0n) is 8.92. The molecule has 1 saturated carbocycles. The van der Waals surface area contributed by atoms with Gasteiger partial charge in [-0.25, -0.2) is 0 Å². The van der Waals surface area contributed by atoms with Gasteiger partial charge in [-0.15, -0.1) is 11.3 Å². The molecular formula is C12H18BrNS. The van der Waals surface area contributed by atoms with Crippen molar-refractivity contribution >= 4 is 27.3 Å². The Balaban J connectivity index is 2.02. The quantitative estimate of drug-likeness (QED) is 0.798. The summed E-state index contributed by atoms with van der Waals surface area (Å²) in [6.45, 7) is 0. The van der Waals surface area contributed by atoms with E-state index < -0.39 is 0 Å². The van der Waals surface area contributed by atoms with E-state index in [-0.39, 0.29) is 6.04 Å². The molecule has 0 radical (unpaired) electrons. The molecule has 1 fully saturated rings. The Labute approximate surface area is 104 Å². The zero-order valence-corrected chi connectivity index (χ0v) is 11.3. The van der Waals surface area contributed by atoms with Crippen LogP contribution in [0.4, 0.5) is 0 Å². The molecule has 1 aromatic heterocycles. The standard InChI is InChI=1S/C12H18BrNS/c13-11-8-7-10(15-11)12(14)9-5-3-1-2-4-6-9/h7-9,12H,1-6,14H2. The molecule has 1 aromatic rings. The monoisotopic (exact) mass is 287 g/mol. The number of thiophene rings is 1. The predicted octanol–water partition coefficient (Wildman–Crippen LogP) is 4.48. The van der Waals surface area contributed by atoms with E-state index >= 15 is 0 Å². The Morgan fingerprint density at radius 3 is 2.40 bits per heavy atom. The van der Waals surface area contributed by atoms with Gasteiger partial charge in [0.1, 0.15) is 0 Å². The molecule has 0 amide bonds. The lowest BCUT2D eigenvalue weighted by atomic mass is 9.91. The van der Waals surface area contributed by atoms with Crippen LogP contribution in [-0.4, -0.2) is 0 Å². The van der Waals surface area contributed by atoms with Gasteiger partial charge in [0, 0.05) is 10.9 Å². The van der Waals surface area contributed by atoms with Crippen LogP contribution in [0.3, 0.4) is 0 Å². The fourth-order valence-corrected chi connectivity index (χ4v) is 3.93. The van der Waals surface area contributed by atoms with Crippen molar-refractivity contribution in [1.82, 2.24) is 0 Å². The second kappa shape index (κ2) is 5.46. The maximum atomic E-state index is 6.34. The second-order valence-corrected chi connectivity index (χ2v) is 6.91. The molecule has 0 aliphatic heterocycles. The third kappa shape index (κ3) is 3.05. The van der Waals surface area contributed by atoms with Crippen LogP contribution in [0, 0.1) is 5.92 Å². The van der Waals surface area contributed by atoms with Crippen LogP contribution in [0.2, 0.25) is 0 Å². The highest BCUT2D eigenvalue weighted by Crippen LogP contribution is 2.35. The van der Waals surface area contributed by atoms with Crippen molar-refractivity contribution in [2.75, 3.05) is 0 Å². The summed E-state index contributed by atoms with van der Waals surface area (Å²) in [5.74, 6) is 0.707. The summed E-state index contributed by atoms with van der Waals surface area (Å²) in [6.07, 6.45) is 8.16. The molecule has 0 saturated heterocycles. The van der Waals surface area contributed by atoms with E-state index in [2.05, 4.69) is 28.1 Å². The lowest BCUT2D eigenvalue weighted by molar-refractivity contribution is 0.386. The molecule has 1 heterocycles. The lowest BCUT2D eigenvalue weighted by Gasteiger charge is -2.21. The maximum Gasteiger partial charge on any atom is 0.0701 e. The van der Waals surface area contributed by atoms with E-state index in [4.69, 9.17) is 5.73 Å². The van der Waals surface area contributed by atoms with Gasteiger partial charge in [-0.2, -0.15) is 0 Å². The minimum Gasteiger partial charge on any atom is -0.323 e. The molecule has 2 rings (SSSR count). The first-order valence-corrected chi connectivity index (χ1v) is 7.39. The van der Waals surface area contributed by atoms with E-state index in [9.17, 15) is 0 Å². The number of hydrogen-bond donors (Lipinski definition) is 1. The summed E-state index contributed by atoms with van der Waals surface area (Å²) in [7, 11) is 0. The molecule has 0 spiro atoms. The Morgan fingerprint density at radius 2 is 1.87 bits per heavy atom. The van der Waals surface area contributed by atoms with Crippen molar-refractivity contribution in [3.8, 4) is 0 Å². The van der Waals surface area contributed by atoms with Crippen molar-refractivity contribution in [3.63, 3.8) is 0 Å². The van der Waals surface area contributed by atoms with Crippen LogP contribution in [0.5, 0.6) is 0 Å². The summed E-state index contributed by atoms with van der Waals surface area (Å²) < 4.78 is 1.20. The van der Waals surface area contributed by atoms with E-state index in [0.717, 1.165) is 0 Å². The first-order chi connectivity index (χ1) is 7.27. The van der Waals surface area contributed by atoms with Crippen LogP contribution >= 0.6 is 27.3 Å². The van der Waals surface area contributed by atoms with Crippen molar-refractivity contribution in [2.45, 2.75) is 44.6 Å². The molecule has 0 bridgehead atoms. The minimum atomic E-state index is 0.263. The Bertz CT molecular complexity index is 302. The molecule has 0 aromatic carbocycles. The molecule has 84 valence electrons. The second-order valence-electron chi connectivity index (χ2n) is 4.42. The minimum absolute atomic E-state index is 0.263. The molecule has 15 heavy (non-hydrogen) atoms. The van der Waals surface area contributed by atoms with Crippen LogP contribution in [0.15, 0.2) is 15.9 Å². The van der Waals surface area contributed by atoms with E-state index in [1.165, 1.54) is 47.2 Å². The predicted molar refractivity (Wildman–Crippen MR) is 70.1 cm³/mol. The number of rotatable bonds is 2. The Kier molecular flexibility index (Phi) is 4.23. The topological polar surface area (TPSA) is 26.0 Å². The Morgan fingerprint density at radius 1 is 1.20 bits per heavy atom. The first kappa shape index (κ1) is 11.6. The summed E-state index contributed by atoms with van der Waals surface area (Å²) in [5, 5.41) is 0. The Hall–Kier alpha value is 0.140. The third-order valence-corrected chi connectivity index (χ3v) is 5.06. The van der Waals surface area contributed by atoms with Gasteiger partial charge in [-0.3, -0.25) is 0 Å². The van der Waals surface area contributed by atoms with Gasteiger partial charge in [-0.05, 0) is 46.8 Å². The summed E-state index contributed by atoms with van der Waals surface area (Å²) in [4.78, 5) is 1.34.